The van der Waals surface area contributed by atoms with E-state index in [-0.39, 0.29) is 6.03 Å². The minimum absolute atomic E-state index is 0.0821. The molecular formula is C17H17BrN2OS. The van der Waals surface area contributed by atoms with Gasteiger partial charge in [0.2, 0.25) is 0 Å². The van der Waals surface area contributed by atoms with Gasteiger partial charge in [-0.2, -0.15) is 0 Å². The Morgan fingerprint density at radius 2 is 2.09 bits per heavy atom. The standard InChI is InChI=1S/C17H17BrN2OS/c1-11-9-13(7-8-14(11)18)19-17(21)20-10-12(2)22-16-6-4-3-5-15(16)20/h3-9,12H,10H2,1-2H3,(H,19,21)/t12-/m0/s1. The van der Waals surface area contributed by atoms with Gasteiger partial charge in [0.15, 0.2) is 0 Å². The Morgan fingerprint density at radius 3 is 2.86 bits per heavy atom. The van der Waals surface area contributed by atoms with E-state index in [0.717, 1.165) is 26.3 Å². The first kappa shape index (κ1) is 15.4. The van der Waals surface area contributed by atoms with Crippen LogP contribution in [-0.4, -0.2) is 17.8 Å². The number of carbonyl (C=O) groups excluding carboxylic acids is 1. The van der Waals surface area contributed by atoms with Gasteiger partial charge < -0.3 is 5.32 Å². The van der Waals surface area contributed by atoms with Gasteiger partial charge >= 0.3 is 6.03 Å². The number of thioether (sulfide) groups is 1. The van der Waals surface area contributed by atoms with Gasteiger partial charge in [-0.1, -0.05) is 35.0 Å². The van der Waals surface area contributed by atoms with Crippen LogP contribution < -0.4 is 10.2 Å². The predicted molar refractivity (Wildman–Crippen MR) is 97.0 cm³/mol. The normalized spacial score (nSPS) is 17.0. The van der Waals surface area contributed by atoms with E-state index in [0.29, 0.717) is 11.8 Å². The maximum absolute atomic E-state index is 12.7. The second-order valence-corrected chi connectivity index (χ2v) is 7.74. The quantitative estimate of drug-likeness (QED) is 0.732. The molecule has 2 amide bonds. The van der Waals surface area contributed by atoms with Gasteiger partial charge in [0.05, 0.1) is 5.69 Å². The molecule has 0 radical (unpaired) electrons. The number of fused-ring (bicyclic) bond motifs is 1. The first-order chi connectivity index (χ1) is 10.5. The van der Waals surface area contributed by atoms with Crippen molar-refractivity contribution in [1.29, 1.82) is 0 Å². The molecule has 1 aliphatic rings. The minimum atomic E-state index is -0.0821. The highest BCUT2D eigenvalue weighted by atomic mass is 79.9. The summed E-state index contributed by atoms with van der Waals surface area (Å²) >= 11 is 5.29. The summed E-state index contributed by atoms with van der Waals surface area (Å²) in [4.78, 5) is 15.6. The number of aryl methyl sites for hydroxylation is 1. The molecule has 0 aliphatic carbocycles. The molecule has 0 bridgehead atoms. The first-order valence-electron chi connectivity index (χ1n) is 7.15. The van der Waals surface area contributed by atoms with E-state index in [1.54, 1.807) is 0 Å². The van der Waals surface area contributed by atoms with Crippen molar-refractivity contribution in [2.24, 2.45) is 0 Å². The number of amides is 2. The van der Waals surface area contributed by atoms with Gasteiger partial charge in [-0.25, -0.2) is 4.79 Å². The van der Waals surface area contributed by atoms with Crippen molar-refractivity contribution in [3.05, 3.63) is 52.5 Å². The van der Waals surface area contributed by atoms with Crippen LogP contribution in [-0.2, 0) is 0 Å². The Bertz CT molecular complexity index is 720. The van der Waals surface area contributed by atoms with Crippen molar-refractivity contribution >= 4 is 45.1 Å². The lowest BCUT2D eigenvalue weighted by molar-refractivity contribution is 0.256. The lowest BCUT2D eigenvalue weighted by Crippen LogP contribution is -2.41. The third kappa shape index (κ3) is 3.15. The van der Waals surface area contributed by atoms with Gasteiger partial charge in [0.25, 0.3) is 0 Å². The summed E-state index contributed by atoms with van der Waals surface area (Å²) in [6.07, 6.45) is 0. The van der Waals surface area contributed by atoms with Crippen molar-refractivity contribution in [1.82, 2.24) is 0 Å². The van der Waals surface area contributed by atoms with E-state index in [2.05, 4.69) is 34.2 Å². The van der Waals surface area contributed by atoms with Gasteiger partial charge in [-0.05, 0) is 42.8 Å². The van der Waals surface area contributed by atoms with Crippen LogP contribution in [0.4, 0.5) is 16.2 Å². The molecule has 0 saturated carbocycles. The minimum Gasteiger partial charge on any atom is -0.308 e. The number of urea groups is 1. The van der Waals surface area contributed by atoms with Gasteiger partial charge in [-0.3, -0.25) is 4.90 Å². The third-order valence-corrected chi connectivity index (χ3v) is 5.62. The topological polar surface area (TPSA) is 32.3 Å². The second kappa shape index (κ2) is 6.34. The smallest absolute Gasteiger partial charge is 0.308 e. The number of para-hydroxylation sites is 1. The zero-order valence-electron chi connectivity index (χ0n) is 12.5. The molecule has 0 fully saturated rings. The number of nitrogens with zero attached hydrogens (tertiary/aromatic N) is 1. The molecule has 1 atom stereocenters. The molecule has 2 aromatic carbocycles. The molecule has 0 aromatic heterocycles. The summed E-state index contributed by atoms with van der Waals surface area (Å²) in [5.41, 5.74) is 2.90. The lowest BCUT2D eigenvalue weighted by atomic mass is 10.2. The van der Waals surface area contributed by atoms with E-state index < -0.39 is 0 Å². The summed E-state index contributed by atoms with van der Waals surface area (Å²) in [6, 6.07) is 13.8. The van der Waals surface area contributed by atoms with Crippen LogP contribution in [0.15, 0.2) is 51.8 Å². The molecule has 3 nitrogen and oxygen atoms in total. The Kier molecular flexibility index (Phi) is 4.45. The SMILES string of the molecule is Cc1cc(NC(=O)N2C[C@H](C)Sc3ccccc32)ccc1Br. The average molecular weight is 377 g/mol. The number of carbonyl (C=O) groups is 1. The van der Waals surface area contributed by atoms with Crippen LogP contribution in [0.25, 0.3) is 0 Å². The van der Waals surface area contributed by atoms with Crippen molar-refractivity contribution in [3.63, 3.8) is 0 Å². The zero-order chi connectivity index (χ0) is 15.7. The number of benzene rings is 2. The number of halogens is 1. The largest absolute Gasteiger partial charge is 0.326 e. The maximum atomic E-state index is 12.7. The molecule has 1 N–H and O–H groups in total. The molecule has 0 saturated heterocycles. The Hall–Kier alpha value is -1.46. The molecule has 3 rings (SSSR count). The fourth-order valence-electron chi connectivity index (χ4n) is 2.49. The maximum Gasteiger partial charge on any atom is 0.326 e. The summed E-state index contributed by atoms with van der Waals surface area (Å²) in [7, 11) is 0. The molecular weight excluding hydrogens is 360 g/mol. The molecule has 1 aliphatic heterocycles. The van der Waals surface area contributed by atoms with Gasteiger partial charge in [0, 0.05) is 26.9 Å². The molecule has 2 aromatic rings. The van der Waals surface area contributed by atoms with Crippen LogP contribution in [0.1, 0.15) is 12.5 Å². The molecule has 0 unspecified atom stereocenters. The van der Waals surface area contributed by atoms with E-state index in [9.17, 15) is 4.79 Å². The average Bonchev–Trinajstić information content (AvgIpc) is 2.50. The van der Waals surface area contributed by atoms with Crippen LogP contribution in [0, 0.1) is 6.92 Å². The van der Waals surface area contributed by atoms with Crippen LogP contribution in [0.5, 0.6) is 0 Å². The van der Waals surface area contributed by atoms with Gasteiger partial charge in [0.1, 0.15) is 0 Å². The Morgan fingerprint density at radius 1 is 1.32 bits per heavy atom. The van der Waals surface area contributed by atoms with Crippen LogP contribution >= 0.6 is 27.7 Å². The predicted octanol–water partition coefficient (Wildman–Crippen LogP) is 5.29. The van der Waals surface area contributed by atoms with E-state index in [1.165, 1.54) is 0 Å². The summed E-state index contributed by atoms with van der Waals surface area (Å²) < 4.78 is 1.04. The van der Waals surface area contributed by atoms with Crippen LogP contribution in [0.3, 0.4) is 0 Å². The van der Waals surface area contributed by atoms with E-state index in [4.69, 9.17) is 0 Å². The second-order valence-electron chi connectivity index (χ2n) is 5.40. The molecule has 1 heterocycles. The summed E-state index contributed by atoms with van der Waals surface area (Å²) in [5, 5.41) is 3.38. The molecule has 114 valence electrons. The van der Waals surface area contributed by atoms with Gasteiger partial charge in [-0.15, -0.1) is 11.8 Å². The van der Waals surface area contributed by atoms with Crippen molar-refractivity contribution in [3.8, 4) is 0 Å². The fraction of sp³-hybridized carbons (Fsp3) is 0.235. The fourth-order valence-corrected chi connectivity index (χ4v) is 3.85. The number of hydrogen-bond acceptors (Lipinski definition) is 2. The van der Waals surface area contributed by atoms with Crippen molar-refractivity contribution in [2.45, 2.75) is 24.0 Å². The number of rotatable bonds is 1. The lowest BCUT2D eigenvalue weighted by Gasteiger charge is -2.32. The highest BCUT2D eigenvalue weighted by Crippen LogP contribution is 2.38. The number of nitrogens with one attached hydrogen (secondary N) is 1. The molecule has 5 heteroatoms. The Labute approximate surface area is 143 Å². The summed E-state index contributed by atoms with van der Waals surface area (Å²) in [5.74, 6) is 0. The first-order valence-corrected chi connectivity index (χ1v) is 8.82. The molecule has 0 spiro atoms. The Balaban J connectivity index is 1.84. The number of hydrogen-bond donors (Lipinski definition) is 1. The summed E-state index contributed by atoms with van der Waals surface area (Å²) in [6.45, 7) is 4.86. The highest BCUT2D eigenvalue weighted by Gasteiger charge is 2.26. The molecule has 22 heavy (non-hydrogen) atoms. The monoisotopic (exact) mass is 376 g/mol. The van der Waals surface area contributed by atoms with Crippen molar-refractivity contribution < 1.29 is 4.79 Å². The zero-order valence-corrected chi connectivity index (χ0v) is 14.9. The highest BCUT2D eigenvalue weighted by molar-refractivity contribution is 9.10. The number of anilines is 2. The van der Waals surface area contributed by atoms with E-state index >= 15 is 0 Å². The van der Waals surface area contributed by atoms with E-state index in [1.807, 2.05) is 60.0 Å². The third-order valence-electron chi connectivity index (χ3n) is 3.58. The van der Waals surface area contributed by atoms with Crippen LogP contribution in [0.2, 0.25) is 0 Å². The van der Waals surface area contributed by atoms with Crippen molar-refractivity contribution in [2.75, 3.05) is 16.8 Å².